The Bertz CT molecular complexity index is 1460. The number of halogens is 1. The molecular formula is C30H27IN2O5. The predicted molar refractivity (Wildman–Crippen MR) is 155 cm³/mol. The molecule has 0 saturated carbocycles. The smallest absolute Gasteiger partial charge is 0.335 e. The summed E-state index contributed by atoms with van der Waals surface area (Å²) in [6.45, 7) is 8.01. The first-order valence-electron chi connectivity index (χ1n) is 11.9. The van der Waals surface area contributed by atoms with Gasteiger partial charge in [0.1, 0.15) is 12.2 Å². The number of hydrogen-bond donors (Lipinski definition) is 1. The van der Waals surface area contributed by atoms with Crippen LogP contribution in [0.1, 0.15) is 27.8 Å². The largest absolute Gasteiger partial charge is 0.493 e. The molecular weight excluding hydrogens is 595 g/mol. The van der Waals surface area contributed by atoms with E-state index in [9.17, 15) is 14.4 Å². The van der Waals surface area contributed by atoms with E-state index in [1.807, 2.05) is 50.2 Å². The molecule has 1 N–H and O–H groups in total. The van der Waals surface area contributed by atoms with Gasteiger partial charge in [-0.25, -0.2) is 9.69 Å². The summed E-state index contributed by atoms with van der Waals surface area (Å²) in [5, 5.41) is 2.27. The number of hydrogen-bond acceptors (Lipinski definition) is 5. The van der Waals surface area contributed by atoms with Crippen molar-refractivity contribution in [1.82, 2.24) is 5.32 Å². The molecule has 3 aromatic rings. The third kappa shape index (κ3) is 5.80. The molecule has 194 valence electrons. The van der Waals surface area contributed by atoms with Gasteiger partial charge in [-0.15, -0.1) is 6.58 Å². The summed E-state index contributed by atoms with van der Waals surface area (Å²) in [6, 6.07) is 16.0. The summed E-state index contributed by atoms with van der Waals surface area (Å²) in [7, 11) is 1.53. The molecule has 3 aromatic carbocycles. The second-order valence-electron chi connectivity index (χ2n) is 8.85. The number of benzene rings is 3. The minimum atomic E-state index is -0.787. The molecule has 7 nitrogen and oxygen atoms in total. The van der Waals surface area contributed by atoms with E-state index in [0.29, 0.717) is 35.8 Å². The van der Waals surface area contributed by atoms with Crippen molar-refractivity contribution in [3.05, 3.63) is 104 Å². The van der Waals surface area contributed by atoms with Crippen LogP contribution in [0.3, 0.4) is 0 Å². The number of aryl methyl sites for hydroxylation is 2. The number of nitrogens with zero attached hydrogens (tertiary/aromatic N) is 1. The SMILES string of the molecule is C=CCc1cc(/C=C2\C(=O)NC(=O)N(c3ccc(C)c(C)c3)C2=O)cc(OC)c1OCc1ccc(I)cc1. The van der Waals surface area contributed by atoms with E-state index in [4.69, 9.17) is 9.47 Å². The molecule has 38 heavy (non-hydrogen) atoms. The quantitative estimate of drug-likeness (QED) is 0.147. The number of anilines is 1. The molecule has 0 unspecified atom stereocenters. The summed E-state index contributed by atoms with van der Waals surface area (Å²) < 4.78 is 12.9. The van der Waals surface area contributed by atoms with Crippen LogP contribution in [0.4, 0.5) is 10.5 Å². The first-order chi connectivity index (χ1) is 18.2. The predicted octanol–water partition coefficient (Wildman–Crippen LogP) is 5.89. The molecule has 0 aliphatic carbocycles. The Labute approximate surface area is 235 Å². The topological polar surface area (TPSA) is 84.9 Å². The number of amides is 4. The molecule has 1 heterocycles. The van der Waals surface area contributed by atoms with Gasteiger partial charge >= 0.3 is 6.03 Å². The van der Waals surface area contributed by atoms with Gasteiger partial charge < -0.3 is 9.47 Å². The van der Waals surface area contributed by atoms with Crippen LogP contribution in [0.5, 0.6) is 11.5 Å². The number of carbonyl (C=O) groups excluding carboxylic acids is 3. The van der Waals surface area contributed by atoms with Gasteiger partial charge in [-0.05, 0) is 108 Å². The van der Waals surface area contributed by atoms with Crippen LogP contribution in [0.15, 0.2) is 72.8 Å². The van der Waals surface area contributed by atoms with Crippen molar-refractivity contribution in [2.45, 2.75) is 26.9 Å². The molecule has 4 rings (SSSR count). The number of carbonyl (C=O) groups is 3. The van der Waals surface area contributed by atoms with E-state index in [0.717, 1.165) is 30.7 Å². The zero-order chi connectivity index (χ0) is 27.4. The maximum Gasteiger partial charge on any atom is 0.335 e. The van der Waals surface area contributed by atoms with Gasteiger partial charge in [-0.1, -0.05) is 24.3 Å². The Morgan fingerprint density at radius 2 is 1.74 bits per heavy atom. The second-order valence-corrected chi connectivity index (χ2v) is 10.1. The maximum absolute atomic E-state index is 13.4. The lowest BCUT2D eigenvalue weighted by atomic mass is 10.0. The van der Waals surface area contributed by atoms with Crippen molar-refractivity contribution in [3.63, 3.8) is 0 Å². The van der Waals surface area contributed by atoms with Crippen molar-refractivity contribution in [1.29, 1.82) is 0 Å². The molecule has 8 heteroatoms. The number of methoxy groups -OCH3 is 1. The van der Waals surface area contributed by atoms with Crippen LogP contribution < -0.4 is 19.7 Å². The zero-order valence-electron chi connectivity index (χ0n) is 21.3. The Balaban J connectivity index is 1.70. The van der Waals surface area contributed by atoms with E-state index >= 15 is 0 Å². The first kappa shape index (κ1) is 27.1. The van der Waals surface area contributed by atoms with Crippen molar-refractivity contribution in [2.24, 2.45) is 0 Å². The molecule has 1 aliphatic rings. The number of ether oxygens (including phenoxy) is 2. The molecule has 1 fully saturated rings. The van der Waals surface area contributed by atoms with Gasteiger partial charge in [0.2, 0.25) is 0 Å². The van der Waals surface area contributed by atoms with Gasteiger partial charge in [0.05, 0.1) is 12.8 Å². The molecule has 1 saturated heterocycles. The monoisotopic (exact) mass is 622 g/mol. The van der Waals surface area contributed by atoms with E-state index in [2.05, 4.69) is 34.5 Å². The molecule has 1 aliphatic heterocycles. The van der Waals surface area contributed by atoms with E-state index < -0.39 is 17.8 Å². The van der Waals surface area contributed by atoms with E-state index in [1.165, 1.54) is 13.2 Å². The highest BCUT2D eigenvalue weighted by Gasteiger charge is 2.37. The number of allylic oxidation sites excluding steroid dienone is 1. The van der Waals surface area contributed by atoms with Crippen molar-refractivity contribution >= 4 is 52.2 Å². The Morgan fingerprint density at radius 3 is 2.39 bits per heavy atom. The van der Waals surface area contributed by atoms with E-state index in [-0.39, 0.29) is 5.57 Å². The Morgan fingerprint density at radius 1 is 1.00 bits per heavy atom. The normalized spacial score (nSPS) is 14.5. The molecule has 0 atom stereocenters. The Kier molecular flexibility index (Phi) is 8.31. The fourth-order valence-corrected chi connectivity index (χ4v) is 4.41. The fourth-order valence-electron chi connectivity index (χ4n) is 4.05. The highest BCUT2D eigenvalue weighted by atomic mass is 127. The van der Waals surface area contributed by atoms with Gasteiger partial charge in [-0.3, -0.25) is 14.9 Å². The number of barbiturate groups is 1. The maximum atomic E-state index is 13.4. The number of urea groups is 1. The van der Waals surface area contributed by atoms with Crippen LogP contribution in [0, 0.1) is 17.4 Å². The zero-order valence-corrected chi connectivity index (χ0v) is 23.5. The average molecular weight is 622 g/mol. The number of nitrogens with one attached hydrogen (secondary N) is 1. The molecule has 0 spiro atoms. The lowest BCUT2D eigenvalue weighted by molar-refractivity contribution is -0.122. The number of imide groups is 2. The van der Waals surface area contributed by atoms with Crippen LogP contribution >= 0.6 is 22.6 Å². The van der Waals surface area contributed by atoms with Gasteiger partial charge in [0.25, 0.3) is 11.8 Å². The molecule has 0 aromatic heterocycles. The average Bonchev–Trinajstić information content (AvgIpc) is 2.88. The summed E-state index contributed by atoms with van der Waals surface area (Å²) >= 11 is 2.25. The van der Waals surface area contributed by atoms with Crippen LogP contribution in [0.2, 0.25) is 0 Å². The minimum absolute atomic E-state index is 0.165. The molecule has 4 amide bonds. The second kappa shape index (κ2) is 11.6. The standard InChI is InChI=1S/C30H27IN2O5/c1-5-6-22-14-21(16-26(37-4)27(22)38-17-20-8-10-23(31)11-9-20)15-25-28(34)32-30(36)33(29(25)35)24-12-7-18(2)19(3)13-24/h5,7-16H,1,6,17H2,2-4H3,(H,32,34,36)/b25-15+. The van der Waals surface area contributed by atoms with Crippen molar-refractivity contribution < 1.29 is 23.9 Å². The van der Waals surface area contributed by atoms with Gasteiger partial charge in [-0.2, -0.15) is 0 Å². The van der Waals surface area contributed by atoms with Crippen LogP contribution in [-0.4, -0.2) is 25.0 Å². The Hall–Kier alpha value is -3.92. The minimum Gasteiger partial charge on any atom is -0.493 e. The summed E-state index contributed by atoms with van der Waals surface area (Å²) in [4.78, 5) is 39.7. The summed E-state index contributed by atoms with van der Waals surface area (Å²) in [5.41, 5.74) is 4.50. The first-order valence-corrected chi connectivity index (χ1v) is 13.0. The van der Waals surface area contributed by atoms with Crippen LogP contribution in [0.25, 0.3) is 6.08 Å². The lowest BCUT2D eigenvalue weighted by Crippen LogP contribution is -2.54. The summed E-state index contributed by atoms with van der Waals surface area (Å²) in [5.74, 6) is -0.458. The third-order valence-corrected chi connectivity index (χ3v) is 6.92. The highest BCUT2D eigenvalue weighted by Crippen LogP contribution is 2.35. The molecule has 0 bridgehead atoms. The summed E-state index contributed by atoms with van der Waals surface area (Å²) in [6.07, 6.45) is 3.67. The van der Waals surface area contributed by atoms with Gasteiger partial charge in [0, 0.05) is 9.13 Å². The van der Waals surface area contributed by atoms with Crippen molar-refractivity contribution in [2.75, 3.05) is 12.0 Å². The molecule has 0 radical (unpaired) electrons. The van der Waals surface area contributed by atoms with Crippen molar-refractivity contribution in [3.8, 4) is 11.5 Å². The highest BCUT2D eigenvalue weighted by molar-refractivity contribution is 14.1. The van der Waals surface area contributed by atoms with Crippen LogP contribution in [-0.2, 0) is 22.6 Å². The third-order valence-electron chi connectivity index (χ3n) is 6.20. The lowest BCUT2D eigenvalue weighted by Gasteiger charge is -2.27. The number of rotatable bonds is 8. The van der Waals surface area contributed by atoms with E-state index in [1.54, 1.807) is 24.3 Å². The van der Waals surface area contributed by atoms with Gasteiger partial charge in [0.15, 0.2) is 11.5 Å². The fraction of sp³-hybridized carbons (Fsp3) is 0.167.